The average Bonchev–Trinajstić information content (AvgIpc) is 3.14. The van der Waals surface area contributed by atoms with Crippen molar-refractivity contribution in [1.29, 1.82) is 0 Å². The summed E-state index contributed by atoms with van der Waals surface area (Å²) in [6.45, 7) is 2.01. The summed E-state index contributed by atoms with van der Waals surface area (Å²) in [5.74, 6) is 0.808. The van der Waals surface area contributed by atoms with E-state index in [0.717, 1.165) is 18.9 Å². The zero-order valence-electron chi connectivity index (χ0n) is 14.1. The van der Waals surface area contributed by atoms with Crippen LogP contribution in [-0.2, 0) is 0 Å². The number of halogens is 2. The van der Waals surface area contributed by atoms with Crippen molar-refractivity contribution < 1.29 is 8.78 Å². The van der Waals surface area contributed by atoms with Crippen LogP contribution in [0.1, 0.15) is 24.8 Å². The van der Waals surface area contributed by atoms with Crippen LogP contribution in [0.25, 0.3) is 17.0 Å². The summed E-state index contributed by atoms with van der Waals surface area (Å²) < 4.78 is 27.8. The zero-order valence-corrected chi connectivity index (χ0v) is 14.1. The van der Waals surface area contributed by atoms with E-state index in [1.54, 1.807) is 16.7 Å². The van der Waals surface area contributed by atoms with Crippen LogP contribution in [0.4, 0.5) is 14.6 Å². The van der Waals surface area contributed by atoms with E-state index in [1.807, 2.05) is 18.2 Å². The quantitative estimate of drug-likeness (QED) is 0.752. The molecule has 1 aliphatic carbocycles. The van der Waals surface area contributed by atoms with Gasteiger partial charge in [-0.15, -0.1) is 0 Å². The second-order valence-corrected chi connectivity index (χ2v) is 7.23. The first-order valence-electron chi connectivity index (χ1n) is 8.84. The molecule has 7 heteroatoms. The molecule has 1 saturated heterocycles. The van der Waals surface area contributed by atoms with E-state index in [0.29, 0.717) is 28.5 Å². The second kappa shape index (κ2) is 5.74. The van der Waals surface area contributed by atoms with Crippen LogP contribution in [0, 0.1) is 5.41 Å². The Morgan fingerprint density at radius 3 is 2.92 bits per heavy atom. The molecule has 26 heavy (non-hydrogen) atoms. The van der Waals surface area contributed by atoms with Gasteiger partial charge in [0.25, 0.3) is 6.43 Å². The number of alkyl halides is 2. The minimum absolute atomic E-state index is 0.0289. The van der Waals surface area contributed by atoms with Crippen LogP contribution in [-0.4, -0.2) is 33.5 Å². The lowest BCUT2D eigenvalue weighted by Crippen LogP contribution is -2.29. The van der Waals surface area contributed by atoms with E-state index < -0.39 is 6.43 Å². The van der Waals surface area contributed by atoms with Gasteiger partial charge in [0.2, 0.25) is 0 Å². The van der Waals surface area contributed by atoms with E-state index in [1.165, 1.54) is 25.1 Å². The van der Waals surface area contributed by atoms with E-state index in [9.17, 15) is 8.78 Å². The van der Waals surface area contributed by atoms with Crippen molar-refractivity contribution >= 4 is 11.5 Å². The molecule has 5 nitrogen and oxygen atoms in total. The Kier molecular flexibility index (Phi) is 3.46. The SMILES string of the molecule is FC(F)c1ccc2ncc(-c3cccc(N[C@H]4CNCC45CC5)n3)n2c1. The number of hydrogen-bond donors (Lipinski definition) is 2. The van der Waals surface area contributed by atoms with Gasteiger partial charge in [-0.2, -0.15) is 0 Å². The molecule has 5 rings (SSSR count). The Morgan fingerprint density at radius 1 is 1.23 bits per heavy atom. The van der Waals surface area contributed by atoms with Gasteiger partial charge < -0.3 is 10.6 Å². The van der Waals surface area contributed by atoms with Gasteiger partial charge in [-0.3, -0.25) is 4.40 Å². The van der Waals surface area contributed by atoms with Crippen LogP contribution >= 0.6 is 0 Å². The summed E-state index contributed by atoms with van der Waals surface area (Å²) in [6.07, 6.45) is 3.10. The molecule has 0 amide bonds. The van der Waals surface area contributed by atoms with Crippen molar-refractivity contribution in [2.45, 2.75) is 25.3 Å². The Labute approximate surface area is 149 Å². The highest BCUT2D eigenvalue weighted by Gasteiger charge is 2.52. The minimum atomic E-state index is -2.51. The smallest absolute Gasteiger partial charge is 0.265 e. The molecule has 0 aromatic carbocycles. The molecule has 2 N–H and O–H groups in total. The Hall–Kier alpha value is -2.54. The van der Waals surface area contributed by atoms with Crippen molar-refractivity contribution in [3.8, 4) is 11.4 Å². The minimum Gasteiger partial charge on any atom is -0.365 e. The number of rotatable bonds is 4. The maximum absolute atomic E-state index is 13.0. The molecule has 1 spiro atoms. The average molecular weight is 355 g/mol. The van der Waals surface area contributed by atoms with Crippen LogP contribution in [0.5, 0.6) is 0 Å². The summed E-state index contributed by atoms with van der Waals surface area (Å²) >= 11 is 0. The van der Waals surface area contributed by atoms with Crippen molar-refractivity contribution in [1.82, 2.24) is 19.7 Å². The van der Waals surface area contributed by atoms with Crippen LogP contribution in [0.3, 0.4) is 0 Å². The van der Waals surface area contributed by atoms with Gasteiger partial charge in [0.15, 0.2) is 0 Å². The summed E-state index contributed by atoms with van der Waals surface area (Å²) in [6, 6.07) is 9.16. The highest BCUT2D eigenvalue weighted by Crippen LogP contribution is 2.51. The van der Waals surface area contributed by atoms with Gasteiger partial charge in [-0.1, -0.05) is 6.07 Å². The molecule has 2 fully saturated rings. The predicted molar refractivity (Wildman–Crippen MR) is 95.3 cm³/mol. The highest BCUT2D eigenvalue weighted by atomic mass is 19.3. The summed E-state index contributed by atoms with van der Waals surface area (Å²) in [5, 5.41) is 7.00. The second-order valence-electron chi connectivity index (χ2n) is 7.23. The van der Waals surface area contributed by atoms with Crippen molar-refractivity contribution in [2.75, 3.05) is 18.4 Å². The van der Waals surface area contributed by atoms with E-state index in [-0.39, 0.29) is 5.56 Å². The Balaban J connectivity index is 1.49. The molecule has 1 aliphatic heterocycles. The number of imidazole rings is 1. The number of nitrogens with one attached hydrogen (secondary N) is 2. The lowest BCUT2D eigenvalue weighted by atomic mass is 10.0. The lowest BCUT2D eigenvalue weighted by Gasteiger charge is -2.19. The molecule has 0 unspecified atom stereocenters. The third-order valence-electron chi connectivity index (χ3n) is 5.57. The number of hydrogen-bond acceptors (Lipinski definition) is 4. The molecule has 3 aromatic rings. The monoisotopic (exact) mass is 355 g/mol. The number of aromatic nitrogens is 3. The van der Waals surface area contributed by atoms with Crippen molar-refractivity contribution in [3.05, 3.63) is 48.3 Å². The number of fused-ring (bicyclic) bond motifs is 1. The molecular formula is C19H19F2N5. The first-order chi connectivity index (χ1) is 12.6. The highest BCUT2D eigenvalue weighted by molar-refractivity contribution is 5.62. The van der Waals surface area contributed by atoms with Crippen molar-refractivity contribution in [2.24, 2.45) is 5.41 Å². The van der Waals surface area contributed by atoms with E-state index in [4.69, 9.17) is 4.98 Å². The third-order valence-corrected chi connectivity index (χ3v) is 5.57. The molecule has 0 bridgehead atoms. The molecule has 0 radical (unpaired) electrons. The van der Waals surface area contributed by atoms with E-state index in [2.05, 4.69) is 15.6 Å². The molecule has 134 valence electrons. The Morgan fingerprint density at radius 2 is 2.12 bits per heavy atom. The molecule has 4 heterocycles. The standard InChI is InChI=1S/C19H19F2N5/c20-18(21)12-4-5-17-23-8-14(26(17)10-12)13-2-1-3-16(24-13)25-15-9-22-11-19(15)6-7-19/h1-5,8,10,15,18,22H,6-7,9,11H2,(H,24,25)/t15-/m0/s1. The van der Waals surface area contributed by atoms with Gasteiger partial charge in [0.05, 0.1) is 17.6 Å². The first kappa shape index (κ1) is 15.7. The maximum atomic E-state index is 13.0. The summed E-state index contributed by atoms with van der Waals surface area (Å²) in [4.78, 5) is 9.02. The van der Waals surface area contributed by atoms with Gasteiger partial charge in [0, 0.05) is 36.3 Å². The summed E-state index contributed by atoms with van der Waals surface area (Å²) in [5.41, 5.74) is 2.40. The largest absolute Gasteiger partial charge is 0.365 e. The molecule has 1 atom stereocenters. The Bertz CT molecular complexity index is 963. The molecular weight excluding hydrogens is 336 g/mol. The lowest BCUT2D eigenvalue weighted by molar-refractivity contribution is 0.151. The molecule has 2 aliphatic rings. The normalized spacial score (nSPS) is 21.0. The van der Waals surface area contributed by atoms with Gasteiger partial charge in [-0.25, -0.2) is 18.7 Å². The fourth-order valence-corrected chi connectivity index (χ4v) is 3.85. The molecule has 3 aromatic heterocycles. The van der Waals surface area contributed by atoms with Crippen LogP contribution in [0.2, 0.25) is 0 Å². The van der Waals surface area contributed by atoms with Crippen molar-refractivity contribution in [3.63, 3.8) is 0 Å². The summed E-state index contributed by atoms with van der Waals surface area (Å²) in [7, 11) is 0. The van der Waals surface area contributed by atoms with Crippen LogP contribution < -0.4 is 10.6 Å². The predicted octanol–water partition coefficient (Wildman–Crippen LogP) is 3.50. The maximum Gasteiger partial charge on any atom is 0.265 e. The van der Waals surface area contributed by atoms with E-state index >= 15 is 0 Å². The number of anilines is 1. The molecule has 1 saturated carbocycles. The zero-order chi connectivity index (χ0) is 17.7. The number of nitrogens with zero attached hydrogens (tertiary/aromatic N) is 3. The fourth-order valence-electron chi connectivity index (χ4n) is 3.85. The van der Waals surface area contributed by atoms with Crippen LogP contribution in [0.15, 0.2) is 42.7 Å². The van der Waals surface area contributed by atoms with Gasteiger partial charge in [0.1, 0.15) is 11.5 Å². The van der Waals surface area contributed by atoms with Gasteiger partial charge >= 0.3 is 0 Å². The fraction of sp³-hybridized carbons (Fsp3) is 0.368. The third kappa shape index (κ3) is 2.54. The van der Waals surface area contributed by atoms with Gasteiger partial charge in [-0.05, 0) is 37.1 Å². The number of pyridine rings is 2. The topological polar surface area (TPSA) is 54.2 Å². The first-order valence-corrected chi connectivity index (χ1v) is 8.84.